The van der Waals surface area contributed by atoms with Gasteiger partial charge in [-0.25, -0.2) is 9.97 Å². The van der Waals surface area contributed by atoms with Crippen molar-refractivity contribution < 1.29 is 9.47 Å². The number of anilines is 1. The van der Waals surface area contributed by atoms with Crippen LogP contribution >= 0.6 is 0 Å². The Bertz CT molecular complexity index is 848. The number of rotatable bonds is 5. The van der Waals surface area contributed by atoms with Crippen molar-refractivity contribution in [2.24, 2.45) is 0 Å². The van der Waals surface area contributed by atoms with E-state index in [0.717, 1.165) is 22.2 Å². The number of aromatic nitrogens is 2. The van der Waals surface area contributed by atoms with Crippen LogP contribution in [0.2, 0.25) is 0 Å². The largest absolute Gasteiger partial charge is 0.493 e. The van der Waals surface area contributed by atoms with Gasteiger partial charge in [-0.05, 0) is 19.9 Å². The van der Waals surface area contributed by atoms with Crippen LogP contribution in [-0.4, -0.2) is 30.2 Å². The van der Waals surface area contributed by atoms with Gasteiger partial charge in [0.2, 0.25) is 5.95 Å². The number of fused-ring (bicyclic) bond motifs is 1. The first kappa shape index (κ1) is 16.1. The summed E-state index contributed by atoms with van der Waals surface area (Å²) in [4.78, 5) is 9.35. The molecule has 1 N–H and O–H groups in total. The Balaban J connectivity index is 2.29. The van der Waals surface area contributed by atoms with Gasteiger partial charge in [0.25, 0.3) is 0 Å². The number of nitrogens with zero attached hydrogens (tertiary/aromatic N) is 2. The van der Waals surface area contributed by atoms with Crippen molar-refractivity contribution in [3.63, 3.8) is 0 Å². The quantitative estimate of drug-likeness (QED) is 0.765. The molecule has 3 aromatic rings. The molecule has 0 aliphatic carbocycles. The summed E-state index contributed by atoms with van der Waals surface area (Å²) in [5.74, 6) is 1.91. The minimum atomic E-state index is 0.242. The molecule has 1 heterocycles. The zero-order chi connectivity index (χ0) is 17.1. The van der Waals surface area contributed by atoms with Crippen molar-refractivity contribution >= 4 is 16.9 Å². The molecular formula is C19H21N3O2. The Hall–Kier alpha value is -2.82. The summed E-state index contributed by atoms with van der Waals surface area (Å²) in [6.07, 6.45) is 0. The van der Waals surface area contributed by atoms with Crippen LogP contribution in [0.3, 0.4) is 0 Å². The number of hydrogen-bond donors (Lipinski definition) is 1. The van der Waals surface area contributed by atoms with Crippen LogP contribution in [0.25, 0.3) is 22.2 Å². The van der Waals surface area contributed by atoms with E-state index in [2.05, 4.69) is 24.1 Å². The Morgan fingerprint density at radius 2 is 1.58 bits per heavy atom. The molecule has 0 saturated heterocycles. The fourth-order valence-electron chi connectivity index (χ4n) is 2.59. The van der Waals surface area contributed by atoms with Crippen molar-refractivity contribution in [1.29, 1.82) is 0 Å². The second-order valence-electron chi connectivity index (χ2n) is 5.79. The first-order valence-corrected chi connectivity index (χ1v) is 7.88. The Morgan fingerprint density at radius 3 is 2.21 bits per heavy atom. The van der Waals surface area contributed by atoms with Crippen molar-refractivity contribution in [3.8, 4) is 22.8 Å². The van der Waals surface area contributed by atoms with Crippen LogP contribution in [0.4, 0.5) is 5.95 Å². The average Bonchev–Trinajstić information content (AvgIpc) is 2.60. The molecule has 0 saturated carbocycles. The van der Waals surface area contributed by atoms with Crippen LogP contribution in [0, 0.1) is 0 Å². The maximum Gasteiger partial charge on any atom is 0.224 e. The molecule has 124 valence electrons. The molecule has 5 nitrogen and oxygen atoms in total. The Morgan fingerprint density at radius 1 is 0.917 bits per heavy atom. The highest BCUT2D eigenvalue weighted by molar-refractivity contribution is 5.95. The van der Waals surface area contributed by atoms with E-state index in [4.69, 9.17) is 14.5 Å². The van der Waals surface area contributed by atoms with Gasteiger partial charge in [-0.2, -0.15) is 0 Å². The lowest BCUT2D eigenvalue weighted by Gasteiger charge is -2.14. The van der Waals surface area contributed by atoms with E-state index in [9.17, 15) is 0 Å². The maximum absolute atomic E-state index is 5.43. The standard InChI is InChI=1S/C19H21N3O2/c1-12(2)20-19-21-15-11-17(24-4)16(23-3)10-14(15)18(22-19)13-8-6-5-7-9-13/h5-12H,1-4H3,(H,20,21,22). The SMILES string of the molecule is COc1cc2nc(NC(C)C)nc(-c3ccccc3)c2cc1OC. The van der Waals surface area contributed by atoms with Gasteiger partial charge in [0.15, 0.2) is 11.5 Å². The molecule has 0 radical (unpaired) electrons. The molecule has 0 bridgehead atoms. The number of benzene rings is 2. The summed E-state index contributed by atoms with van der Waals surface area (Å²) in [7, 11) is 3.25. The fraction of sp³-hybridized carbons (Fsp3) is 0.263. The molecule has 0 aliphatic rings. The smallest absolute Gasteiger partial charge is 0.224 e. The number of methoxy groups -OCH3 is 2. The summed E-state index contributed by atoms with van der Waals surface area (Å²) >= 11 is 0. The van der Waals surface area contributed by atoms with Crippen molar-refractivity contribution in [1.82, 2.24) is 9.97 Å². The van der Waals surface area contributed by atoms with Gasteiger partial charge in [-0.1, -0.05) is 30.3 Å². The summed E-state index contributed by atoms with van der Waals surface area (Å²) in [5.41, 5.74) is 2.71. The first-order valence-electron chi connectivity index (χ1n) is 7.88. The fourth-order valence-corrected chi connectivity index (χ4v) is 2.59. The van der Waals surface area contributed by atoms with Gasteiger partial charge in [-0.3, -0.25) is 0 Å². The Labute approximate surface area is 141 Å². The average molecular weight is 323 g/mol. The molecule has 0 spiro atoms. The van der Waals surface area contributed by atoms with Gasteiger partial charge in [0.1, 0.15) is 0 Å². The van der Waals surface area contributed by atoms with Crippen molar-refractivity contribution in [2.45, 2.75) is 19.9 Å². The zero-order valence-electron chi connectivity index (χ0n) is 14.3. The van der Waals surface area contributed by atoms with E-state index in [0.29, 0.717) is 17.4 Å². The molecule has 0 aliphatic heterocycles. The molecule has 5 heteroatoms. The summed E-state index contributed by atoms with van der Waals surface area (Å²) < 4.78 is 10.8. The number of hydrogen-bond acceptors (Lipinski definition) is 5. The molecule has 3 rings (SSSR count). The summed E-state index contributed by atoms with van der Waals surface area (Å²) in [5, 5.41) is 4.20. The molecule has 24 heavy (non-hydrogen) atoms. The number of ether oxygens (including phenoxy) is 2. The third-order valence-electron chi connectivity index (χ3n) is 3.67. The van der Waals surface area contributed by atoms with E-state index >= 15 is 0 Å². The Kier molecular flexibility index (Phi) is 4.51. The number of nitrogens with one attached hydrogen (secondary N) is 1. The minimum absolute atomic E-state index is 0.242. The highest BCUT2D eigenvalue weighted by atomic mass is 16.5. The van der Waals surface area contributed by atoms with Crippen LogP contribution in [-0.2, 0) is 0 Å². The highest BCUT2D eigenvalue weighted by Gasteiger charge is 2.14. The molecular weight excluding hydrogens is 302 g/mol. The topological polar surface area (TPSA) is 56.3 Å². The molecule has 1 aromatic heterocycles. The van der Waals surface area contributed by atoms with E-state index in [1.54, 1.807) is 14.2 Å². The van der Waals surface area contributed by atoms with E-state index in [-0.39, 0.29) is 6.04 Å². The van der Waals surface area contributed by atoms with Gasteiger partial charge in [0, 0.05) is 23.1 Å². The molecule has 0 fully saturated rings. The van der Waals surface area contributed by atoms with E-state index in [1.165, 1.54) is 0 Å². The third-order valence-corrected chi connectivity index (χ3v) is 3.67. The van der Waals surface area contributed by atoms with Gasteiger partial charge in [0.05, 0.1) is 25.4 Å². The monoisotopic (exact) mass is 323 g/mol. The second-order valence-corrected chi connectivity index (χ2v) is 5.79. The summed E-state index contributed by atoms with van der Waals surface area (Å²) in [6.45, 7) is 4.12. The molecule has 2 aromatic carbocycles. The van der Waals surface area contributed by atoms with E-state index < -0.39 is 0 Å². The lowest BCUT2D eigenvalue weighted by atomic mass is 10.1. The van der Waals surface area contributed by atoms with Gasteiger partial charge >= 0.3 is 0 Å². The predicted octanol–water partition coefficient (Wildman–Crippen LogP) is 4.13. The molecule has 0 atom stereocenters. The minimum Gasteiger partial charge on any atom is -0.493 e. The molecule has 0 amide bonds. The normalized spacial score (nSPS) is 10.9. The zero-order valence-corrected chi connectivity index (χ0v) is 14.3. The van der Waals surface area contributed by atoms with Crippen LogP contribution in [0.15, 0.2) is 42.5 Å². The second kappa shape index (κ2) is 6.74. The van der Waals surface area contributed by atoms with Crippen molar-refractivity contribution in [3.05, 3.63) is 42.5 Å². The van der Waals surface area contributed by atoms with Crippen LogP contribution < -0.4 is 14.8 Å². The lowest BCUT2D eigenvalue weighted by molar-refractivity contribution is 0.356. The molecule has 0 unspecified atom stereocenters. The van der Waals surface area contributed by atoms with Crippen LogP contribution in [0.1, 0.15) is 13.8 Å². The van der Waals surface area contributed by atoms with Gasteiger partial charge < -0.3 is 14.8 Å². The van der Waals surface area contributed by atoms with Crippen molar-refractivity contribution in [2.75, 3.05) is 19.5 Å². The first-order chi connectivity index (χ1) is 11.6. The van der Waals surface area contributed by atoms with Crippen LogP contribution in [0.5, 0.6) is 11.5 Å². The lowest BCUT2D eigenvalue weighted by Crippen LogP contribution is -2.13. The third kappa shape index (κ3) is 3.11. The van der Waals surface area contributed by atoms with E-state index in [1.807, 2.05) is 42.5 Å². The highest BCUT2D eigenvalue weighted by Crippen LogP contribution is 2.36. The summed E-state index contributed by atoms with van der Waals surface area (Å²) in [6, 6.07) is 14.1. The van der Waals surface area contributed by atoms with Gasteiger partial charge in [-0.15, -0.1) is 0 Å². The maximum atomic E-state index is 5.43. The predicted molar refractivity (Wildman–Crippen MR) is 96.8 cm³/mol.